The summed E-state index contributed by atoms with van der Waals surface area (Å²) in [4.78, 5) is 16.6. The van der Waals surface area contributed by atoms with Crippen molar-refractivity contribution >= 4 is 84.7 Å². The first-order chi connectivity index (χ1) is 12.4. The van der Waals surface area contributed by atoms with E-state index in [2.05, 4.69) is 15.6 Å². The van der Waals surface area contributed by atoms with Gasteiger partial charge in [0.1, 0.15) is 5.75 Å². The normalized spacial score (nSPS) is 10.6. The Morgan fingerprint density at radius 2 is 1.96 bits per heavy atom. The number of fused-ring (bicyclic) bond motifs is 1. The van der Waals surface area contributed by atoms with E-state index in [1.807, 2.05) is 0 Å². The van der Waals surface area contributed by atoms with E-state index in [4.69, 9.17) is 51.8 Å². The molecule has 1 heterocycles. The third kappa shape index (κ3) is 4.19. The average molecular weight is 447 g/mol. The van der Waals surface area contributed by atoms with Crippen LogP contribution in [0.2, 0.25) is 15.1 Å². The van der Waals surface area contributed by atoms with Crippen LogP contribution in [0.25, 0.3) is 10.2 Å². The van der Waals surface area contributed by atoms with Crippen molar-refractivity contribution in [3.63, 3.8) is 0 Å². The SMILES string of the molecule is COc1cc2sc(NC(=S)NC(=O)c3ccc(Cl)cc3Cl)nc2cc1Cl. The number of carbonyl (C=O) groups is 1. The maximum Gasteiger partial charge on any atom is 0.258 e. The first-order valence-electron chi connectivity index (χ1n) is 7.09. The Bertz CT molecular complexity index is 1020. The molecule has 0 saturated heterocycles. The molecule has 3 rings (SSSR count). The molecule has 0 aliphatic heterocycles. The molecule has 134 valence electrons. The number of amides is 1. The van der Waals surface area contributed by atoms with Crippen molar-refractivity contribution in [3.05, 3.63) is 51.0 Å². The Morgan fingerprint density at radius 1 is 1.19 bits per heavy atom. The van der Waals surface area contributed by atoms with Crippen LogP contribution in [0.4, 0.5) is 5.13 Å². The molecule has 26 heavy (non-hydrogen) atoms. The van der Waals surface area contributed by atoms with Gasteiger partial charge in [0, 0.05) is 11.1 Å². The topological polar surface area (TPSA) is 63.2 Å². The molecule has 10 heteroatoms. The second-order valence-electron chi connectivity index (χ2n) is 5.01. The van der Waals surface area contributed by atoms with Crippen molar-refractivity contribution in [3.8, 4) is 5.75 Å². The maximum atomic E-state index is 12.3. The van der Waals surface area contributed by atoms with E-state index in [9.17, 15) is 4.79 Å². The molecule has 0 fully saturated rings. The van der Waals surface area contributed by atoms with Gasteiger partial charge in [0.25, 0.3) is 5.91 Å². The highest BCUT2D eigenvalue weighted by molar-refractivity contribution is 7.80. The molecular formula is C16H10Cl3N3O2S2. The molecule has 0 radical (unpaired) electrons. The van der Waals surface area contributed by atoms with Gasteiger partial charge >= 0.3 is 0 Å². The van der Waals surface area contributed by atoms with Crippen LogP contribution in [-0.4, -0.2) is 23.1 Å². The van der Waals surface area contributed by atoms with Crippen LogP contribution in [0.1, 0.15) is 10.4 Å². The Labute approximate surface area is 173 Å². The summed E-state index contributed by atoms with van der Waals surface area (Å²) in [6.07, 6.45) is 0. The first kappa shape index (κ1) is 19.1. The van der Waals surface area contributed by atoms with Crippen LogP contribution < -0.4 is 15.4 Å². The standard InChI is InChI=1S/C16H10Cl3N3O2S2/c1-24-12-6-13-11(5-10(12)19)20-16(26-13)22-15(25)21-14(23)8-3-2-7(17)4-9(8)18/h2-6H,1H3,(H2,20,21,22,23,25). The van der Waals surface area contributed by atoms with Crippen molar-refractivity contribution < 1.29 is 9.53 Å². The van der Waals surface area contributed by atoms with E-state index >= 15 is 0 Å². The van der Waals surface area contributed by atoms with Crippen LogP contribution in [0, 0.1) is 0 Å². The maximum absolute atomic E-state index is 12.3. The fraction of sp³-hybridized carbons (Fsp3) is 0.0625. The van der Waals surface area contributed by atoms with Gasteiger partial charge in [0.2, 0.25) is 0 Å². The lowest BCUT2D eigenvalue weighted by molar-refractivity contribution is 0.0978. The quantitative estimate of drug-likeness (QED) is 0.528. The molecule has 1 amide bonds. The van der Waals surface area contributed by atoms with Crippen molar-refractivity contribution in [1.29, 1.82) is 0 Å². The fourth-order valence-corrected chi connectivity index (χ4v) is 3.98. The Morgan fingerprint density at radius 3 is 2.65 bits per heavy atom. The summed E-state index contributed by atoms with van der Waals surface area (Å²) in [6, 6.07) is 8.07. The van der Waals surface area contributed by atoms with E-state index < -0.39 is 5.91 Å². The van der Waals surface area contributed by atoms with E-state index in [1.165, 1.54) is 23.5 Å². The fourth-order valence-electron chi connectivity index (χ4n) is 2.11. The largest absolute Gasteiger partial charge is 0.495 e. The molecule has 0 aliphatic rings. The predicted octanol–water partition coefficient (Wildman–Crippen LogP) is 5.39. The molecule has 0 bridgehead atoms. The van der Waals surface area contributed by atoms with Crippen molar-refractivity contribution in [1.82, 2.24) is 10.3 Å². The number of rotatable bonds is 3. The van der Waals surface area contributed by atoms with Crippen LogP contribution in [0.3, 0.4) is 0 Å². The summed E-state index contributed by atoms with van der Waals surface area (Å²) >= 11 is 24.5. The number of carbonyl (C=O) groups excluding carboxylic acids is 1. The summed E-state index contributed by atoms with van der Waals surface area (Å²) in [5, 5.41) is 7.17. The number of halogens is 3. The number of hydrogen-bond acceptors (Lipinski definition) is 5. The highest BCUT2D eigenvalue weighted by Crippen LogP contribution is 2.34. The van der Waals surface area contributed by atoms with Gasteiger partial charge in [-0.25, -0.2) is 4.98 Å². The van der Waals surface area contributed by atoms with Gasteiger partial charge in [-0.2, -0.15) is 0 Å². The molecule has 0 atom stereocenters. The lowest BCUT2D eigenvalue weighted by Crippen LogP contribution is -2.34. The van der Waals surface area contributed by atoms with Crippen LogP contribution >= 0.6 is 58.4 Å². The second kappa shape index (κ2) is 7.94. The van der Waals surface area contributed by atoms with Gasteiger partial charge in [0.15, 0.2) is 10.2 Å². The summed E-state index contributed by atoms with van der Waals surface area (Å²) in [6.45, 7) is 0. The van der Waals surface area contributed by atoms with Crippen molar-refractivity contribution in [2.24, 2.45) is 0 Å². The van der Waals surface area contributed by atoms with Crippen molar-refractivity contribution in [2.75, 3.05) is 12.4 Å². The summed E-state index contributed by atoms with van der Waals surface area (Å²) in [7, 11) is 1.54. The molecule has 2 aromatic carbocycles. The van der Waals surface area contributed by atoms with Gasteiger partial charge < -0.3 is 10.1 Å². The summed E-state index contributed by atoms with van der Waals surface area (Å²) in [5.41, 5.74) is 0.958. The van der Waals surface area contributed by atoms with Gasteiger partial charge in [-0.3, -0.25) is 10.1 Å². The minimum Gasteiger partial charge on any atom is -0.495 e. The van der Waals surface area contributed by atoms with Gasteiger partial charge in [-0.05, 0) is 36.5 Å². The highest BCUT2D eigenvalue weighted by Gasteiger charge is 2.14. The zero-order valence-corrected chi connectivity index (χ0v) is 17.0. The van der Waals surface area contributed by atoms with Crippen molar-refractivity contribution in [2.45, 2.75) is 0 Å². The summed E-state index contributed by atoms with van der Waals surface area (Å²) in [5.74, 6) is 0.109. The summed E-state index contributed by atoms with van der Waals surface area (Å²) < 4.78 is 6.05. The number of hydrogen-bond donors (Lipinski definition) is 2. The molecule has 0 aliphatic carbocycles. The number of benzene rings is 2. The highest BCUT2D eigenvalue weighted by atomic mass is 35.5. The Balaban J connectivity index is 1.73. The van der Waals surface area contributed by atoms with E-state index in [0.29, 0.717) is 26.4 Å². The number of ether oxygens (including phenoxy) is 1. The minimum absolute atomic E-state index is 0.0955. The van der Waals surface area contributed by atoms with Gasteiger partial charge in [0.05, 0.1) is 32.9 Å². The molecule has 0 saturated carbocycles. The first-order valence-corrected chi connectivity index (χ1v) is 9.44. The lowest BCUT2D eigenvalue weighted by Gasteiger charge is -2.08. The zero-order chi connectivity index (χ0) is 18.8. The Kier molecular flexibility index (Phi) is 5.84. The molecule has 3 aromatic rings. The third-order valence-electron chi connectivity index (χ3n) is 3.29. The molecule has 1 aromatic heterocycles. The molecule has 5 nitrogen and oxygen atoms in total. The molecular weight excluding hydrogens is 437 g/mol. The van der Waals surface area contributed by atoms with Gasteiger partial charge in [-0.1, -0.05) is 46.1 Å². The minimum atomic E-state index is -0.449. The number of methoxy groups -OCH3 is 1. The molecule has 0 spiro atoms. The van der Waals surface area contributed by atoms with Crippen LogP contribution in [-0.2, 0) is 0 Å². The Hall–Kier alpha value is -1.64. The lowest BCUT2D eigenvalue weighted by atomic mass is 10.2. The van der Waals surface area contributed by atoms with Gasteiger partial charge in [-0.15, -0.1) is 0 Å². The molecule has 0 unspecified atom stereocenters. The number of nitrogens with one attached hydrogen (secondary N) is 2. The number of aromatic nitrogens is 1. The number of thiocarbonyl (C=S) groups is 1. The monoisotopic (exact) mass is 445 g/mol. The smallest absolute Gasteiger partial charge is 0.258 e. The molecule has 2 N–H and O–H groups in total. The predicted molar refractivity (Wildman–Crippen MR) is 111 cm³/mol. The average Bonchev–Trinajstić information content (AvgIpc) is 2.94. The van der Waals surface area contributed by atoms with Crippen LogP contribution in [0.15, 0.2) is 30.3 Å². The number of anilines is 1. The third-order valence-corrected chi connectivity index (χ3v) is 5.27. The van der Waals surface area contributed by atoms with E-state index in [0.717, 1.165) is 4.70 Å². The second-order valence-corrected chi connectivity index (χ2v) is 7.70. The van der Waals surface area contributed by atoms with E-state index in [-0.39, 0.29) is 15.7 Å². The van der Waals surface area contributed by atoms with Crippen LogP contribution in [0.5, 0.6) is 5.75 Å². The number of thiazole rings is 1. The number of nitrogens with zero attached hydrogens (tertiary/aromatic N) is 1. The van der Waals surface area contributed by atoms with E-state index in [1.54, 1.807) is 25.3 Å². The zero-order valence-electron chi connectivity index (χ0n) is 13.1.